The molecule has 96 valence electrons. The third-order valence-electron chi connectivity index (χ3n) is 2.79. The van der Waals surface area contributed by atoms with Crippen LogP contribution in [-0.4, -0.2) is 27.7 Å². The third kappa shape index (κ3) is 2.87. The maximum absolute atomic E-state index is 11.5. The summed E-state index contributed by atoms with van der Waals surface area (Å²) in [7, 11) is 0. The maximum Gasteiger partial charge on any atom is 0.250 e. The fraction of sp³-hybridized carbons (Fsp3) is 0.385. The molecule has 0 spiro atoms. The number of pyridine rings is 2. The predicted octanol–water partition coefficient (Wildman–Crippen LogP) is 1.50. The SMILES string of the molecule is CC(CCCO)Nc1cc(=O)[nH]c2cccnc12. The molecule has 0 aliphatic rings. The molecule has 0 aromatic carbocycles. The lowest BCUT2D eigenvalue weighted by Crippen LogP contribution is -2.18. The number of nitrogens with one attached hydrogen (secondary N) is 2. The second kappa shape index (κ2) is 5.64. The van der Waals surface area contributed by atoms with Crippen molar-refractivity contribution in [3.63, 3.8) is 0 Å². The zero-order valence-corrected chi connectivity index (χ0v) is 10.3. The van der Waals surface area contributed by atoms with Crippen molar-refractivity contribution in [3.8, 4) is 0 Å². The Morgan fingerprint density at radius 1 is 1.56 bits per heavy atom. The van der Waals surface area contributed by atoms with Gasteiger partial charge in [0.1, 0.15) is 5.52 Å². The van der Waals surface area contributed by atoms with Crippen LogP contribution in [0.1, 0.15) is 19.8 Å². The van der Waals surface area contributed by atoms with Crippen LogP contribution in [0.15, 0.2) is 29.2 Å². The molecule has 0 saturated heterocycles. The number of anilines is 1. The monoisotopic (exact) mass is 247 g/mol. The lowest BCUT2D eigenvalue weighted by Gasteiger charge is -2.15. The first-order valence-corrected chi connectivity index (χ1v) is 6.06. The molecule has 0 bridgehead atoms. The van der Waals surface area contributed by atoms with Crippen LogP contribution < -0.4 is 10.9 Å². The summed E-state index contributed by atoms with van der Waals surface area (Å²) in [6, 6.07) is 5.32. The Hall–Kier alpha value is -1.88. The molecule has 0 aliphatic heterocycles. The molecule has 0 aliphatic carbocycles. The highest BCUT2D eigenvalue weighted by atomic mass is 16.2. The van der Waals surface area contributed by atoms with E-state index in [-0.39, 0.29) is 18.2 Å². The molecule has 0 fully saturated rings. The number of rotatable bonds is 5. The summed E-state index contributed by atoms with van der Waals surface area (Å²) < 4.78 is 0. The zero-order valence-electron chi connectivity index (χ0n) is 10.3. The first-order chi connectivity index (χ1) is 8.70. The summed E-state index contributed by atoms with van der Waals surface area (Å²) in [5.74, 6) is 0. The van der Waals surface area contributed by atoms with Gasteiger partial charge in [-0.1, -0.05) is 0 Å². The summed E-state index contributed by atoms with van der Waals surface area (Å²) in [6.07, 6.45) is 3.28. The maximum atomic E-state index is 11.5. The second-order valence-corrected chi connectivity index (χ2v) is 4.36. The number of aliphatic hydroxyl groups is 1. The Labute approximate surface area is 105 Å². The van der Waals surface area contributed by atoms with E-state index in [2.05, 4.69) is 15.3 Å². The van der Waals surface area contributed by atoms with Gasteiger partial charge in [-0.15, -0.1) is 0 Å². The van der Waals surface area contributed by atoms with E-state index in [0.717, 1.165) is 29.6 Å². The Morgan fingerprint density at radius 3 is 3.17 bits per heavy atom. The number of aromatic nitrogens is 2. The number of H-pyrrole nitrogens is 1. The van der Waals surface area contributed by atoms with Gasteiger partial charge in [0.15, 0.2) is 0 Å². The van der Waals surface area contributed by atoms with Gasteiger partial charge in [-0.3, -0.25) is 9.78 Å². The van der Waals surface area contributed by atoms with Gasteiger partial charge in [0, 0.05) is 24.9 Å². The topological polar surface area (TPSA) is 78.0 Å². The van der Waals surface area contributed by atoms with E-state index < -0.39 is 0 Å². The summed E-state index contributed by atoms with van der Waals surface area (Å²) in [5.41, 5.74) is 2.07. The molecular formula is C13H17N3O2. The minimum absolute atomic E-state index is 0.146. The number of fused-ring (bicyclic) bond motifs is 1. The first-order valence-electron chi connectivity index (χ1n) is 6.06. The summed E-state index contributed by atoms with van der Waals surface area (Å²) in [4.78, 5) is 18.6. The molecule has 2 aromatic heterocycles. The van der Waals surface area contributed by atoms with Crippen LogP contribution in [0.2, 0.25) is 0 Å². The van der Waals surface area contributed by atoms with Crippen molar-refractivity contribution in [1.29, 1.82) is 0 Å². The molecule has 18 heavy (non-hydrogen) atoms. The Morgan fingerprint density at radius 2 is 2.39 bits per heavy atom. The normalized spacial score (nSPS) is 12.6. The van der Waals surface area contributed by atoms with Gasteiger partial charge in [0.05, 0.1) is 11.2 Å². The second-order valence-electron chi connectivity index (χ2n) is 4.36. The van der Waals surface area contributed by atoms with Gasteiger partial charge in [-0.2, -0.15) is 0 Å². The van der Waals surface area contributed by atoms with Crippen molar-refractivity contribution in [2.24, 2.45) is 0 Å². The lowest BCUT2D eigenvalue weighted by atomic mass is 10.1. The summed E-state index contributed by atoms with van der Waals surface area (Å²) in [6.45, 7) is 2.20. The van der Waals surface area contributed by atoms with Crippen LogP contribution in [0.5, 0.6) is 0 Å². The molecule has 3 N–H and O–H groups in total. The fourth-order valence-corrected chi connectivity index (χ4v) is 1.93. The van der Waals surface area contributed by atoms with Crippen molar-refractivity contribution in [2.75, 3.05) is 11.9 Å². The molecule has 5 heteroatoms. The third-order valence-corrected chi connectivity index (χ3v) is 2.79. The molecule has 0 saturated carbocycles. The van der Waals surface area contributed by atoms with Gasteiger partial charge in [0.25, 0.3) is 5.56 Å². The average Bonchev–Trinajstić information content (AvgIpc) is 2.36. The van der Waals surface area contributed by atoms with Gasteiger partial charge < -0.3 is 15.4 Å². The van der Waals surface area contributed by atoms with Crippen LogP contribution in [-0.2, 0) is 0 Å². The number of aromatic amines is 1. The molecular weight excluding hydrogens is 230 g/mol. The molecule has 1 unspecified atom stereocenters. The fourth-order valence-electron chi connectivity index (χ4n) is 1.93. The highest BCUT2D eigenvalue weighted by Crippen LogP contribution is 2.18. The van der Waals surface area contributed by atoms with Crippen LogP contribution in [0, 0.1) is 0 Å². The largest absolute Gasteiger partial charge is 0.396 e. The van der Waals surface area contributed by atoms with Gasteiger partial charge in [0.2, 0.25) is 0 Å². The van der Waals surface area contributed by atoms with Crippen molar-refractivity contribution in [1.82, 2.24) is 9.97 Å². The number of hydrogen-bond acceptors (Lipinski definition) is 4. The van der Waals surface area contributed by atoms with Gasteiger partial charge in [-0.25, -0.2) is 0 Å². The Balaban J connectivity index is 2.29. The van der Waals surface area contributed by atoms with E-state index in [4.69, 9.17) is 5.11 Å². The number of aliphatic hydroxyl groups excluding tert-OH is 1. The average molecular weight is 247 g/mol. The first kappa shape index (κ1) is 12.6. The molecule has 2 aromatic rings. The lowest BCUT2D eigenvalue weighted by molar-refractivity contribution is 0.282. The van der Waals surface area contributed by atoms with E-state index in [1.54, 1.807) is 12.3 Å². The minimum atomic E-state index is -0.146. The zero-order chi connectivity index (χ0) is 13.0. The van der Waals surface area contributed by atoms with Crippen LogP contribution in [0.4, 0.5) is 5.69 Å². The van der Waals surface area contributed by atoms with Crippen molar-refractivity contribution in [3.05, 3.63) is 34.7 Å². The molecule has 2 rings (SSSR count). The van der Waals surface area contributed by atoms with Crippen molar-refractivity contribution >= 4 is 16.7 Å². The van der Waals surface area contributed by atoms with E-state index in [0.29, 0.717) is 0 Å². The Kier molecular flexibility index (Phi) is 3.94. The smallest absolute Gasteiger partial charge is 0.250 e. The number of nitrogens with zero attached hydrogens (tertiary/aromatic N) is 1. The van der Waals surface area contributed by atoms with Crippen molar-refractivity contribution in [2.45, 2.75) is 25.8 Å². The highest BCUT2D eigenvalue weighted by molar-refractivity contribution is 5.86. The van der Waals surface area contributed by atoms with Gasteiger partial charge in [-0.05, 0) is 31.9 Å². The van der Waals surface area contributed by atoms with Crippen molar-refractivity contribution < 1.29 is 5.11 Å². The van der Waals surface area contributed by atoms with Crippen LogP contribution in [0.25, 0.3) is 11.0 Å². The van der Waals surface area contributed by atoms with E-state index >= 15 is 0 Å². The van der Waals surface area contributed by atoms with E-state index in [9.17, 15) is 4.79 Å². The minimum Gasteiger partial charge on any atom is -0.396 e. The quantitative estimate of drug-likeness (QED) is 0.748. The molecule has 1 atom stereocenters. The number of hydrogen-bond donors (Lipinski definition) is 3. The Bertz CT molecular complexity index is 580. The summed E-state index contributed by atoms with van der Waals surface area (Å²) >= 11 is 0. The van der Waals surface area contributed by atoms with Gasteiger partial charge >= 0.3 is 0 Å². The summed E-state index contributed by atoms with van der Waals surface area (Å²) in [5, 5.41) is 12.1. The molecule has 0 amide bonds. The van der Waals surface area contributed by atoms with Crippen LogP contribution in [0.3, 0.4) is 0 Å². The molecule has 2 heterocycles. The predicted molar refractivity (Wildman–Crippen MR) is 71.8 cm³/mol. The highest BCUT2D eigenvalue weighted by Gasteiger charge is 2.07. The van der Waals surface area contributed by atoms with Crippen LogP contribution >= 0.6 is 0 Å². The molecule has 0 radical (unpaired) electrons. The van der Waals surface area contributed by atoms with E-state index in [1.807, 2.05) is 13.0 Å². The standard InChI is InChI=1S/C13H17N3O2/c1-9(4-3-7-17)15-11-8-12(18)16-10-5-2-6-14-13(10)11/h2,5-6,8-9,17H,3-4,7H2,1H3,(H2,15,16,18). The van der Waals surface area contributed by atoms with E-state index in [1.165, 1.54) is 6.07 Å². The molecule has 5 nitrogen and oxygen atoms in total.